The van der Waals surface area contributed by atoms with Crippen LogP contribution in [0.3, 0.4) is 0 Å². The second kappa shape index (κ2) is 4.86. The number of hydrogen-bond acceptors (Lipinski definition) is 3. The van der Waals surface area contributed by atoms with Gasteiger partial charge in [0.1, 0.15) is 0 Å². The number of likely N-dealkylation sites (N-methyl/N-ethyl adjacent to an activating group) is 1. The minimum absolute atomic E-state index is 0.245. The summed E-state index contributed by atoms with van der Waals surface area (Å²) in [4.78, 5) is 15.7. The lowest BCUT2D eigenvalue weighted by Gasteiger charge is -2.37. The number of carbonyl (C=O) groups is 1. The van der Waals surface area contributed by atoms with E-state index in [4.69, 9.17) is 0 Å². The molecule has 0 aromatic rings. The fourth-order valence-electron chi connectivity index (χ4n) is 1.53. The molecule has 0 aromatic carbocycles. The molecule has 3 nitrogen and oxygen atoms in total. The first-order valence-electron chi connectivity index (χ1n) is 4.74. The molecule has 0 N–H and O–H groups in total. The average Bonchev–Trinajstić information content (AvgIpc) is 2.10. The second-order valence-electron chi connectivity index (χ2n) is 3.64. The van der Waals surface area contributed by atoms with Gasteiger partial charge in [0.15, 0.2) is 0 Å². The van der Waals surface area contributed by atoms with Gasteiger partial charge in [-0.05, 0) is 19.7 Å². The smallest absolute Gasteiger partial charge is 0.223 e. The minimum Gasteiger partial charge on any atom is -0.340 e. The Bertz CT molecular complexity index is 186. The maximum absolute atomic E-state index is 11.5. The maximum Gasteiger partial charge on any atom is 0.223 e. The third-order valence-corrected chi connectivity index (χ3v) is 2.86. The Balaban J connectivity index is 2.40. The topological polar surface area (TPSA) is 23.6 Å². The van der Waals surface area contributed by atoms with Crippen molar-refractivity contribution in [1.29, 1.82) is 0 Å². The molecule has 1 rings (SSSR count). The normalized spacial score (nSPS) is 24.8. The summed E-state index contributed by atoms with van der Waals surface area (Å²) in [6.45, 7) is 4.87. The number of rotatable bonds is 2. The van der Waals surface area contributed by atoms with Crippen LogP contribution < -0.4 is 0 Å². The molecule has 0 bridgehead atoms. The quantitative estimate of drug-likeness (QED) is 0.658. The van der Waals surface area contributed by atoms with Crippen LogP contribution in [0.2, 0.25) is 0 Å². The number of carbonyl (C=O) groups excluding carboxylic acids is 1. The molecule has 76 valence electrons. The van der Waals surface area contributed by atoms with Gasteiger partial charge in [0.25, 0.3) is 0 Å². The van der Waals surface area contributed by atoms with Crippen LogP contribution in [-0.4, -0.2) is 54.2 Å². The first-order valence-corrected chi connectivity index (χ1v) is 5.37. The van der Waals surface area contributed by atoms with Gasteiger partial charge in [0, 0.05) is 32.1 Å². The van der Waals surface area contributed by atoms with Crippen molar-refractivity contribution in [2.45, 2.75) is 19.4 Å². The van der Waals surface area contributed by atoms with Crippen LogP contribution in [0.4, 0.5) is 0 Å². The zero-order chi connectivity index (χ0) is 9.84. The van der Waals surface area contributed by atoms with Gasteiger partial charge < -0.3 is 9.80 Å². The fourth-order valence-corrected chi connectivity index (χ4v) is 1.72. The van der Waals surface area contributed by atoms with E-state index in [1.54, 1.807) is 0 Å². The van der Waals surface area contributed by atoms with Crippen molar-refractivity contribution in [3.8, 4) is 0 Å². The molecule has 1 atom stereocenters. The second-order valence-corrected chi connectivity index (χ2v) is 4.09. The van der Waals surface area contributed by atoms with Crippen molar-refractivity contribution in [2.75, 3.05) is 32.4 Å². The fraction of sp³-hybridized carbons (Fsp3) is 0.889. The van der Waals surface area contributed by atoms with Gasteiger partial charge in [0.2, 0.25) is 5.91 Å². The van der Waals surface area contributed by atoms with E-state index < -0.39 is 0 Å². The van der Waals surface area contributed by atoms with Crippen LogP contribution in [0.5, 0.6) is 0 Å². The Labute approximate surface area is 85.5 Å². The standard InChI is InChI=1S/C9H18N2OS/c1-8-7-11(5-4-10(8)2)9(12)3-6-13/h8,13H,3-7H2,1-2H3. The van der Waals surface area contributed by atoms with Gasteiger partial charge in [-0.1, -0.05) is 0 Å². The summed E-state index contributed by atoms with van der Waals surface area (Å²) in [6, 6.07) is 0.484. The summed E-state index contributed by atoms with van der Waals surface area (Å²) in [5.41, 5.74) is 0. The van der Waals surface area contributed by atoms with Crippen LogP contribution in [-0.2, 0) is 4.79 Å². The van der Waals surface area contributed by atoms with Crippen LogP contribution >= 0.6 is 12.6 Å². The molecule has 1 heterocycles. The highest BCUT2D eigenvalue weighted by Gasteiger charge is 2.23. The van der Waals surface area contributed by atoms with Crippen molar-refractivity contribution >= 4 is 18.5 Å². The van der Waals surface area contributed by atoms with Gasteiger partial charge in [-0.3, -0.25) is 4.79 Å². The van der Waals surface area contributed by atoms with Gasteiger partial charge in [-0.15, -0.1) is 0 Å². The molecule has 1 aliphatic heterocycles. The van der Waals surface area contributed by atoms with Crippen molar-refractivity contribution in [1.82, 2.24) is 9.80 Å². The van der Waals surface area contributed by atoms with E-state index in [9.17, 15) is 4.79 Å². The molecule has 0 aliphatic carbocycles. The summed E-state index contributed by atoms with van der Waals surface area (Å²) < 4.78 is 0. The summed E-state index contributed by atoms with van der Waals surface area (Å²) in [5.74, 6) is 0.898. The SMILES string of the molecule is CC1CN(C(=O)CCS)CCN1C. The van der Waals surface area contributed by atoms with Crippen LogP contribution in [0.25, 0.3) is 0 Å². The molecule has 1 unspecified atom stereocenters. The summed E-state index contributed by atoms with van der Waals surface area (Å²) in [7, 11) is 2.10. The molecule has 1 fully saturated rings. The maximum atomic E-state index is 11.5. The largest absolute Gasteiger partial charge is 0.340 e. The van der Waals surface area contributed by atoms with Crippen molar-refractivity contribution in [2.24, 2.45) is 0 Å². The summed E-state index contributed by atoms with van der Waals surface area (Å²) in [5, 5.41) is 0. The molecular weight excluding hydrogens is 184 g/mol. The highest BCUT2D eigenvalue weighted by atomic mass is 32.1. The van der Waals surface area contributed by atoms with Crippen LogP contribution in [0, 0.1) is 0 Å². The van der Waals surface area contributed by atoms with E-state index >= 15 is 0 Å². The molecule has 0 aromatic heterocycles. The summed E-state index contributed by atoms with van der Waals surface area (Å²) in [6.07, 6.45) is 0.569. The van der Waals surface area contributed by atoms with E-state index in [1.807, 2.05) is 4.90 Å². The lowest BCUT2D eigenvalue weighted by atomic mass is 10.2. The Hall–Kier alpha value is -0.220. The molecule has 13 heavy (non-hydrogen) atoms. The molecule has 1 saturated heterocycles. The van der Waals surface area contributed by atoms with Crippen LogP contribution in [0.1, 0.15) is 13.3 Å². The first-order chi connectivity index (χ1) is 6.15. The van der Waals surface area contributed by atoms with Crippen molar-refractivity contribution in [3.63, 3.8) is 0 Å². The van der Waals surface area contributed by atoms with E-state index in [0.29, 0.717) is 18.2 Å². The Morgan fingerprint density at radius 3 is 2.77 bits per heavy atom. The molecular formula is C9H18N2OS. The van der Waals surface area contributed by atoms with E-state index in [0.717, 1.165) is 19.6 Å². The Morgan fingerprint density at radius 1 is 1.54 bits per heavy atom. The Morgan fingerprint density at radius 2 is 2.23 bits per heavy atom. The predicted octanol–water partition coefficient (Wildman–Crippen LogP) is 0.469. The number of nitrogens with zero attached hydrogens (tertiary/aromatic N) is 2. The molecule has 1 amide bonds. The van der Waals surface area contributed by atoms with Gasteiger partial charge in [-0.2, -0.15) is 12.6 Å². The molecule has 0 radical (unpaired) electrons. The van der Waals surface area contributed by atoms with Crippen LogP contribution in [0.15, 0.2) is 0 Å². The van der Waals surface area contributed by atoms with E-state index in [1.165, 1.54) is 0 Å². The minimum atomic E-state index is 0.245. The number of piperazine rings is 1. The third kappa shape index (κ3) is 2.88. The van der Waals surface area contributed by atoms with Gasteiger partial charge >= 0.3 is 0 Å². The predicted molar refractivity (Wildman–Crippen MR) is 57.1 cm³/mol. The number of thiol groups is 1. The zero-order valence-corrected chi connectivity index (χ0v) is 9.26. The number of hydrogen-bond donors (Lipinski definition) is 1. The zero-order valence-electron chi connectivity index (χ0n) is 8.36. The van der Waals surface area contributed by atoms with E-state index in [-0.39, 0.29) is 5.91 Å². The third-order valence-electron chi connectivity index (χ3n) is 2.64. The van der Waals surface area contributed by atoms with Crippen molar-refractivity contribution in [3.05, 3.63) is 0 Å². The van der Waals surface area contributed by atoms with Gasteiger partial charge in [0.05, 0.1) is 0 Å². The summed E-state index contributed by atoms with van der Waals surface area (Å²) >= 11 is 4.06. The van der Waals surface area contributed by atoms with Crippen molar-refractivity contribution < 1.29 is 4.79 Å². The first kappa shape index (κ1) is 10.9. The lowest BCUT2D eigenvalue weighted by molar-refractivity contribution is -0.133. The highest BCUT2D eigenvalue weighted by molar-refractivity contribution is 7.80. The molecule has 0 saturated carbocycles. The average molecular weight is 202 g/mol. The Kier molecular flexibility index (Phi) is 4.06. The highest BCUT2D eigenvalue weighted by Crippen LogP contribution is 2.08. The monoisotopic (exact) mass is 202 g/mol. The molecule has 4 heteroatoms. The molecule has 0 spiro atoms. The van der Waals surface area contributed by atoms with E-state index in [2.05, 4.69) is 31.5 Å². The lowest BCUT2D eigenvalue weighted by Crippen LogP contribution is -2.52. The van der Waals surface area contributed by atoms with Gasteiger partial charge in [-0.25, -0.2) is 0 Å². The number of amides is 1. The molecule has 1 aliphatic rings.